The van der Waals surface area contributed by atoms with Crippen LogP contribution < -0.4 is 5.32 Å². The molecule has 0 bridgehead atoms. The van der Waals surface area contributed by atoms with Crippen LogP contribution in [0.5, 0.6) is 0 Å². The van der Waals surface area contributed by atoms with E-state index >= 15 is 0 Å². The van der Waals surface area contributed by atoms with Crippen molar-refractivity contribution < 1.29 is 9.53 Å². The lowest BCUT2D eigenvalue weighted by atomic mass is 9.55. The topological polar surface area (TPSA) is 41.6 Å². The monoisotopic (exact) mass is 322 g/mol. The summed E-state index contributed by atoms with van der Waals surface area (Å²) in [4.78, 5) is 13.8. The Bertz CT molecular complexity index is 398. The number of carbonyl (C=O) groups excluding carboxylic acids is 1. The van der Waals surface area contributed by atoms with Crippen LogP contribution in [-0.4, -0.2) is 48.7 Å². The van der Waals surface area contributed by atoms with Crippen molar-refractivity contribution in [3.8, 4) is 0 Å². The lowest BCUT2D eigenvalue weighted by molar-refractivity contribution is -0.153. The minimum absolute atomic E-state index is 0.312. The van der Waals surface area contributed by atoms with E-state index < -0.39 is 0 Å². The van der Waals surface area contributed by atoms with Crippen LogP contribution >= 0.6 is 0 Å². The zero-order chi connectivity index (χ0) is 16.3. The van der Waals surface area contributed by atoms with Gasteiger partial charge in [-0.2, -0.15) is 0 Å². The summed E-state index contributed by atoms with van der Waals surface area (Å²) in [5, 5.41) is 3.96. The fourth-order valence-corrected chi connectivity index (χ4v) is 5.10. The first-order chi connectivity index (χ1) is 11.2. The first-order valence-corrected chi connectivity index (χ1v) is 9.85. The Morgan fingerprint density at radius 3 is 2.48 bits per heavy atom. The van der Waals surface area contributed by atoms with E-state index in [0.29, 0.717) is 35.9 Å². The van der Waals surface area contributed by atoms with Crippen molar-refractivity contribution in [1.29, 1.82) is 0 Å². The fraction of sp³-hybridized carbons (Fsp3) is 0.947. The van der Waals surface area contributed by atoms with Gasteiger partial charge in [-0.3, -0.25) is 4.79 Å². The highest BCUT2D eigenvalue weighted by atomic mass is 16.5. The van der Waals surface area contributed by atoms with E-state index in [-0.39, 0.29) is 0 Å². The summed E-state index contributed by atoms with van der Waals surface area (Å²) in [6, 6.07) is 1.22. The molecule has 0 aromatic rings. The molecule has 132 valence electrons. The number of amides is 1. The number of likely N-dealkylation sites (tertiary alicyclic amines) is 1. The molecule has 4 nitrogen and oxygen atoms in total. The highest BCUT2D eigenvalue weighted by Gasteiger charge is 2.55. The summed E-state index contributed by atoms with van der Waals surface area (Å²) >= 11 is 0. The van der Waals surface area contributed by atoms with Gasteiger partial charge < -0.3 is 15.0 Å². The van der Waals surface area contributed by atoms with Crippen LogP contribution in [-0.2, 0) is 9.53 Å². The van der Waals surface area contributed by atoms with Gasteiger partial charge in [-0.1, -0.05) is 26.2 Å². The third-order valence-electron chi connectivity index (χ3n) is 6.52. The third kappa shape index (κ3) is 3.43. The van der Waals surface area contributed by atoms with Crippen LogP contribution in [0.25, 0.3) is 0 Å². The second-order valence-electron chi connectivity index (χ2n) is 7.70. The maximum atomic E-state index is 11.8. The molecule has 1 spiro atoms. The highest BCUT2D eigenvalue weighted by Crippen LogP contribution is 2.53. The van der Waals surface area contributed by atoms with E-state index in [2.05, 4.69) is 12.2 Å². The molecule has 2 atom stereocenters. The van der Waals surface area contributed by atoms with E-state index in [1.165, 1.54) is 38.5 Å². The van der Waals surface area contributed by atoms with Gasteiger partial charge in [-0.05, 0) is 39.0 Å². The number of hydrogen-bond donors (Lipinski definition) is 1. The molecule has 3 aliphatic rings. The molecular formula is C19H34N2O2. The summed E-state index contributed by atoms with van der Waals surface area (Å²) in [6.45, 7) is 6.79. The molecule has 1 N–H and O–H groups in total. The van der Waals surface area contributed by atoms with E-state index in [9.17, 15) is 4.79 Å². The number of nitrogens with zero attached hydrogens (tertiary/aromatic N) is 1. The molecule has 1 amide bonds. The van der Waals surface area contributed by atoms with Crippen molar-refractivity contribution >= 4 is 5.91 Å². The smallest absolute Gasteiger partial charge is 0.222 e. The molecule has 4 heteroatoms. The molecule has 23 heavy (non-hydrogen) atoms. The molecule has 3 fully saturated rings. The SMILES string of the molecule is CCO[C@@H]1C[C@H](NC2CCN(C(=O)CC)CC2)C12CCCCC2. The van der Waals surface area contributed by atoms with Crippen molar-refractivity contribution in [2.24, 2.45) is 5.41 Å². The summed E-state index contributed by atoms with van der Waals surface area (Å²) in [5.41, 5.74) is 0.407. The maximum Gasteiger partial charge on any atom is 0.222 e. The highest BCUT2D eigenvalue weighted by molar-refractivity contribution is 5.75. The van der Waals surface area contributed by atoms with Gasteiger partial charge in [0.1, 0.15) is 0 Å². The first-order valence-electron chi connectivity index (χ1n) is 9.85. The van der Waals surface area contributed by atoms with Crippen LogP contribution in [0.2, 0.25) is 0 Å². The number of hydrogen-bond acceptors (Lipinski definition) is 3. The van der Waals surface area contributed by atoms with Crippen molar-refractivity contribution in [1.82, 2.24) is 10.2 Å². The van der Waals surface area contributed by atoms with Crippen molar-refractivity contribution in [3.05, 3.63) is 0 Å². The molecular weight excluding hydrogens is 288 g/mol. The molecule has 1 heterocycles. The maximum absolute atomic E-state index is 11.8. The Kier molecular flexibility index (Phi) is 5.63. The Hall–Kier alpha value is -0.610. The first kappa shape index (κ1) is 17.2. The molecule has 0 radical (unpaired) electrons. The van der Waals surface area contributed by atoms with Crippen molar-refractivity contribution in [3.63, 3.8) is 0 Å². The fourth-order valence-electron chi connectivity index (χ4n) is 5.10. The minimum Gasteiger partial charge on any atom is -0.378 e. The van der Waals surface area contributed by atoms with Crippen LogP contribution in [0, 0.1) is 5.41 Å². The minimum atomic E-state index is 0.312. The number of ether oxygens (including phenoxy) is 1. The van der Waals surface area contributed by atoms with Gasteiger partial charge >= 0.3 is 0 Å². The Balaban J connectivity index is 1.53. The molecule has 1 saturated heterocycles. The number of carbonyl (C=O) groups is 1. The van der Waals surface area contributed by atoms with E-state index in [1.807, 2.05) is 11.8 Å². The van der Waals surface area contributed by atoms with Crippen LogP contribution in [0.1, 0.15) is 71.6 Å². The van der Waals surface area contributed by atoms with Gasteiger partial charge in [0.2, 0.25) is 5.91 Å². The normalized spacial score (nSPS) is 31.1. The van der Waals surface area contributed by atoms with Gasteiger partial charge in [-0.15, -0.1) is 0 Å². The van der Waals surface area contributed by atoms with E-state index in [4.69, 9.17) is 4.74 Å². The lowest BCUT2D eigenvalue weighted by Crippen LogP contribution is -2.66. The molecule has 2 aliphatic carbocycles. The molecule has 0 unspecified atom stereocenters. The lowest BCUT2D eigenvalue weighted by Gasteiger charge is -2.59. The van der Waals surface area contributed by atoms with E-state index in [0.717, 1.165) is 32.5 Å². The number of piperidine rings is 1. The number of rotatable bonds is 5. The predicted molar refractivity (Wildman–Crippen MR) is 92.4 cm³/mol. The molecule has 0 aromatic carbocycles. The number of nitrogens with one attached hydrogen (secondary N) is 1. The summed E-state index contributed by atoms with van der Waals surface area (Å²) in [7, 11) is 0. The van der Waals surface area contributed by atoms with Crippen molar-refractivity contribution in [2.45, 2.75) is 89.8 Å². The second-order valence-corrected chi connectivity index (χ2v) is 7.70. The van der Waals surface area contributed by atoms with Crippen LogP contribution in [0.4, 0.5) is 0 Å². The Morgan fingerprint density at radius 1 is 1.17 bits per heavy atom. The van der Waals surface area contributed by atoms with Gasteiger partial charge in [0.05, 0.1) is 6.10 Å². The predicted octanol–water partition coefficient (Wildman–Crippen LogP) is 3.10. The Labute approximate surface area is 141 Å². The van der Waals surface area contributed by atoms with Gasteiger partial charge in [0, 0.05) is 43.6 Å². The zero-order valence-corrected chi connectivity index (χ0v) is 15.0. The molecule has 3 rings (SSSR count). The quantitative estimate of drug-likeness (QED) is 0.845. The van der Waals surface area contributed by atoms with Crippen LogP contribution in [0.15, 0.2) is 0 Å². The largest absolute Gasteiger partial charge is 0.378 e. The molecule has 2 saturated carbocycles. The second kappa shape index (κ2) is 7.52. The Morgan fingerprint density at radius 2 is 1.87 bits per heavy atom. The van der Waals surface area contributed by atoms with Crippen molar-refractivity contribution in [2.75, 3.05) is 19.7 Å². The van der Waals surface area contributed by atoms with Gasteiger partial charge in [-0.25, -0.2) is 0 Å². The van der Waals surface area contributed by atoms with Crippen LogP contribution in [0.3, 0.4) is 0 Å². The summed E-state index contributed by atoms with van der Waals surface area (Å²) in [5.74, 6) is 0.312. The van der Waals surface area contributed by atoms with E-state index in [1.54, 1.807) is 0 Å². The van der Waals surface area contributed by atoms with Gasteiger partial charge in [0.15, 0.2) is 0 Å². The zero-order valence-electron chi connectivity index (χ0n) is 15.0. The summed E-state index contributed by atoms with van der Waals surface area (Å²) in [6.07, 6.45) is 11.3. The average molecular weight is 322 g/mol. The summed E-state index contributed by atoms with van der Waals surface area (Å²) < 4.78 is 6.06. The third-order valence-corrected chi connectivity index (χ3v) is 6.52. The molecule has 0 aromatic heterocycles. The standard InChI is InChI=1S/C19H34N2O2/c1-3-18(22)21-12-8-15(9-13-21)20-16-14-17(23-4-2)19(16)10-6-5-7-11-19/h15-17,20H,3-14H2,1-2H3/t16-,17+/m0/s1. The molecule has 1 aliphatic heterocycles. The van der Waals surface area contributed by atoms with Gasteiger partial charge in [0.25, 0.3) is 0 Å². The average Bonchev–Trinajstić information content (AvgIpc) is 2.61.